The number of amides is 3. The number of nitrogens with zero attached hydrogens (tertiary/aromatic N) is 1. The summed E-state index contributed by atoms with van der Waals surface area (Å²) in [7, 11) is 1.93. The number of hydrogen-bond acceptors (Lipinski definition) is 2. The molecule has 1 spiro atoms. The highest BCUT2D eigenvalue weighted by Gasteiger charge is 2.51. The van der Waals surface area contributed by atoms with Crippen molar-refractivity contribution in [2.24, 2.45) is 0 Å². The minimum Gasteiger partial charge on any atom is -0.323 e. The fraction of sp³-hybridized carbons (Fsp3) is 0.556. The molecule has 1 heterocycles. The summed E-state index contributed by atoms with van der Waals surface area (Å²) < 4.78 is 13.0. The van der Waals surface area contributed by atoms with E-state index in [0.717, 1.165) is 49.0 Å². The lowest BCUT2D eigenvalue weighted by atomic mass is 9.90. The van der Waals surface area contributed by atoms with Crippen LogP contribution >= 0.6 is 0 Å². The van der Waals surface area contributed by atoms with Gasteiger partial charge in [0.25, 0.3) is 5.91 Å². The summed E-state index contributed by atoms with van der Waals surface area (Å²) >= 11 is 0. The molecule has 0 bridgehead atoms. The lowest BCUT2D eigenvalue weighted by Crippen LogP contribution is -3.09. The van der Waals surface area contributed by atoms with Gasteiger partial charge >= 0.3 is 6.03 Å². The Bertz CT molecular complexity index is 609. The second-order valence-electron chi connectivity index (χ2n) is 7.08. The number of imide groups is 1. The Labute approximate surface area is 141 Å². The van der Waals surface area contributed by atoms with Crippen LogP contribution in [0.1, 0.15) is 44.1 Å². The first-order chi connectivity index (χ1) is 11.5. The summed E-state index contributed by atoms with van der Waals surface area (Å²) in [6, 6.07) is 6.04. The Hall–Kier alpha value is -1.95. The van der Waals surface area contributed by atoms with Crippen LogP contribution in [-0.2, 0) is 11.3 Å². The molecule has 3 rings (SSSR count). The molecule has 1 aromatic carbocycles. The van der Waals surface area contributed by atoms with E-state index in [2.05, 4.69) is 5.32 Å². The van der Waals surface area contributed by atoms with Gasteiger partial charge in [0, 0.05) is 5.56 Å². The third-order valence-electron chi connectivity index (χ3n) is 5.05. The van der Waals surface area contributed by atoms with Gasteiger partial charge in [-0.3, -0.25) is 4.79 Å². The van der Waals surface area contributed by atoms with Crippen LogP contribution in [0, 0.1) is 5.82 Å². The van der Waals surface area contributed by atoms with Gasteiger partial charge in [-0.15, -0.1) is 0 Å². The maximum absolute atomic E-state index is 13.0. The van der Waals surface area contributed by atoms with Gasteiger partial charge in [-0.1, -0.05) is 37.8 Å². The Balaban J connectivity index is 1.64. The minimum atomic E-state index is -0.677. The van der Waals surface area contributed by atoms with E-state index in [0.29, 0.717) is 13.2 Å². The molecule has 1 saturated carbocycles. The normalized spacial score (nSPS) is 21.7. The zero-order chi connectivity index (χ0) is 17.2. The van der Waals surface area contributed by atoms with Crippen molar-refractivity contribution in [3.05, 3.63) is 35.6 Å². The zero-order valence-corrected chi connectivity index (χ0v) is 14.1. The zero-order valence-electron chi connectivity index (χ0n) is 14.1. The molecule has 1 aliphatic carbocycles. The Kier molecular flexibility index (Phi) is 4.85. The van der Waals surface area contributed by atoms with Crippen LogP contribution in [-0.4, -0.2) is 36.1 Å². The molecule has 3 amide bonds. The van der Waals surface area contributed by atoms with Crippen molar-refractivity contribution in [3.8, 4) is 0 Å². The van der Waals surface area contributed by atoms with E-state index in [1.165, 1.54) is 17.0 Å². The Morgan fingerprint density at radius 1 is 1.12 bits per heavy atom. The molecule has 5 nitrogen and oxygen atoms in total. The van der Waals surface area contributed by atoms with Crippen molar-refractivity contribution in [3.63, 3.8) is 0 Å². The third kappa shape index (κ3) is 3.43. The number of hydrogen-bond donors (Lipinski definition) is 2. The van der Waals surface area contributed by atoms with E-state index in [1.54, 1.807) is 12.1 Å². The van der Waals surface area contributed by atoms with Gasteiger partial charge in [0.15, 0.2) is 6.67 Å². The number of carbonyl (C=O) groups excluding carboxylic acids is 2. The SMILES string of the molecule is C[NH+](Cc1ccc(F)cc1)CN1C(=O)NC2(CCCCCC2)C1=O. The molecule has 0 aromatic heterocycles. The first-order valence-corrected chi connectivity index (χ1v) is 8.70. The molecule has 1 saturated heterocycles. The van der Waals surface area contributed by atoms with Crippen LogP contribution in [0.15, 0.2) is 24.3 Å². The quantitative estimate of drug-likeness (QED) is 0.819. The van der Waals surface area contributed by atoms with Crippen LogP contribution < -0.4 is 10.2 Å². The van der Waals surface area contributed by atoms with Crippen LogP contribution in [0.2, 0.25) is 0 Å². The predicted molar refractivity (Wildman–Crippen MR) is 87.7 cm³/mol. The fourth-order valence-electron chi connectivity index (χ4n) is 3.77. The molecule has 1 aromatic rings. The molecule has 130 valence electrons. The predicted octanol–water partition coefficient (Wildman–Crippen LogP) is 1.44. The summed E-state index contributed by atoms with van der Waals surface area (Å²) in [5, 5.41) is 2.96. The van der Waals surface area contributed by atoms with Crippen molar-refractivity contribution in [2.75, 3.05) is 13.7 Å². The van der Waals surface area contributed by atoms with Gasteiger partial charge in [-0.05, 0) is 25.0 Å². The smallest absolute Gasteiger partial charge is 0.323 e. The molecule has 2 fully saturated rings. The molecular weight excluding hydrogens is 309 g/mol. The molecule has 2 aliphatic rings. The number of rotatable bonds is 4. The van der Waals surface area contributed by atoms with Crippen molar-refractivity contribution >= 4 is 11.9 Å². The highest BCUT2D eigenvalue weighted by Crippen LogP contribution is 2.32. The van der Waals surface area contributed by atoms with Crippen LogP contribution in [0.25, 0.3) is 0 Å². The summed E-state index contributed by atoms with van der Waals surface area (Å²) in [6.45, 7) is 0.953. The average Bonchev–Trinajstić information content (AvgIpc) is 2.73. The minimum absolute atomic E-state index is 0.0761. The topological polar surface area (TPSA) is 53.9 Å². The van der Waals surface area contributed by atoms with E-state index >= 15 is 0 Å². The first-order valence-electron chi connectivity index (χ1n) is 8.70. The van der Waals surface area contributed by atoms with Gasteiger partial charge in [0.05, 0.1) is 7.05 Å². The highest BCUT2D eigenvalue weighted by molar-refractivity contribution is 6.06. The van der Waals surface area contributed by atoms with Gasteiger partial charge < -0.3 is 10.2 Å². The maximum Gasteiger partial charge on any atom is 0.329 e. The van der Waals surface area contributed by atoms with E-state index in [9.17, 15) is 14.0 Å². The van der Waals surface area contributed by atoms with Gasteiger partial charge in [-0.25, -0.2) is 14.1 Å². The standard InChI is InChI=1S/C18H24FN3O2/c1-21(12-14-6-8-15(19)9-7-14)13-22-16(23)18(20-17(22)24)10-4-2-3-5-11-18/h6-9H,2-5,10-13H2,1H3,(H,20,24)/p+1. The summed E-state index contributed by atoms with van der Waals surface area (Å²) in [4.78, 5) is 27.6. The van der Waals surface area contributed by atoms with Gasteiger partial charge in [0.1, 0.15) is 17.9 Å². The number of halogens is 1. The molecular formula is C18H25FN3O2+. The molecule has 2 N–H and O–H groups in total. The Morgan fingerprint density at radius 3 is 2.38 bits per heavy atom. The number of nitrogens with one attached hydrogen (secondary N) is 2. The van der Waals surface area contributed by atoms with Crippen LogP contribution in [0.4, 0.5) is 9.18 Å². The highest BCUT2D eigenvalue weighted by atomic mass is 19.1. The second-order valence-corrected chi connectivity index (χ2v) is 7.08. The lowest BCUT2D eigenvalue weighted by Gasteiger charge is -2.25. The summed E-state index contributed by atoms with van der Waals surface area (Å²) in [5.74, 6) is -0.339. The van der Waals surface area contributed by atoms with Crippen molar-refractivity contribution < 1.29 is 18.9 Å². The van der Waals surface area contributed by atoms with Crippen molar-refractivity contribution in [1.29, 1.82) is 0 Å². The largest absolute Gasteiger partial charge is 0.329 e. The van der Waals surface area contributed by atoms with E-state index in [-0.39, 0.29) is 17.8 Å². The molecule has 0 radical (unpaired) electrons. The number of quaternary nitrogens is 1. The van der Waals surface area contributed by atoms with E-state index < -0.39 is 5.54 Å². The molecule has 6 heteroatoms. The van der Waals surface area contributed by atoms with Crippen LogP contribution in [0.3, 0.4) is 0 Å². The van der Waals surface area contributed by atoms with Gasteiger partial charge in [0.2, 0.25) is 0 Å². The average molecular weight is 334 g/mol. The van der Waals surface area contributed by atoms with Crippen molar-refractivity contribution in [2.45, 2.75) is 50.6 Å². The summed E-state index contributed by atoms with van der Waals surface area (Å²) in [6.07, 6.45) is 5.70. The first kappa shape index (κ1) is 16.9. The fourth-order valence-corrected chi connectivity index (χ4v) is 3.77. The molecule has 1 aliphatic heterocycles. The number of benzene rings is 1. The maximum atomic E-state index is 13.0. The van der Waals surface area contributed by atoms with Crippen molar-refractivity contribution in [1.82, 2.24) is 10.2 Å². The third-order valence-corrected chi connectivity index (χ3v) is 5.05. The number of carbonyl (C=O) groups is 2. The monoisotopic (exact) mass is 334 g/mol. The lowest BCUT2D eigenvalue weighted by molar-refractivity contribution is -0.901. The second kappa shape index (κ2) is 6.89. The van der Waals surface area contributed by atoms with E-state index in [1.807, 2.05) is 7.05 Å². The Morgan fingerprint density at radius 2 is 1.75 bits per heavy atom. The molecule has 1 unspecified atom stereocenters. The molecule has 24 heavy (non-hydrogen) atoms. The van der Waals surface area contributed by atoms with Crippen LogP contribution in [0.5, 0.6) is 0 Å². The van der Waals surface area contributed by atoms with E-state index in [4.69, 9.17) is 0 Å². The summed E-state index contributed by atoms with van der Waals surface area (Å²) in [5.41, 5.74) is 0.300. The molecule has 1 atom stereocenters. The number of urea groups is 1. The van der Waals surface area contributed by atoms with Gasteiger partial charge in [-0.2, -0.15) is 0 Å².